The molecule has 1 unspecified atom stereocenters. The molecule has 5 heteroatoms. The molecule has 1 fully saturated rings. The van der Waals surface area contributed by atoms with E-state index in [-0.39, 0.29) is 24.3 Å². The summed E-state index contributed by atoms with van der Waals surface area (Å²) in [7, 11) is 0. The second-order valence-corrected chi connectivity index (χ2v) is 3.68. The Balaban J connectivity index is 2.03. The summed E-state index contributed by atoms with van der Waals surface area (Å²) >= 11 is 0. The molecule has 5 nitrogen and oxygen atoms in total. The van der Waals surface area contributed by atoms with Gasteiger partial charge in [-0.25, -0.2) is 0 Å². The molecule has 0 aromatic heterocycles. The van der Waals surface area contributed by atoms with Crippen LogP contribution >= 0.6 is 0 Å². The van der Waals surface area contributed by atoms with E-state index in [0.29, 0.717) is 19.8 Å². The highest BCUT2D eigenvalue weighted by Crippen LogP contribution is 2.20. The summed E-state index contributed by atoms with van der Waals surface area (Å²) in [5, 5.41) is 9.10. The van der Waals surface area contributed by atoms with E-state index in [0.717, 1.165) is 12.8 Å². The zero-order valence-corrected chi connectivity index (χ0v) is 8.52. The van der Waals surface area contributed by atoms with Crippen molar-refractivity contribution in [1.29, 1.82) is 0 Å². The van der Waals surface area contributed by atoms with E-state index < -0.39 is 0 Å². The second-order valence-electron chi connectivity index (χ2n) is 3.68. The van der Waals surface area contributed by atoms with E-state index in [9.17, 15) is 4.79 Å². The SMILES string of the molecule is O=C(C1=COCCO1)N1CCCC1CO. The fourth-order valence-electron chi connectivity index (χ4n) is 1.91. The molecule has 2 aliphatic heterocycles. The topological polar surface area (TPSA) is 59.0 Å². The maximum atomic E-state index is 11.9. The molecule has 84 valence electrons. The lowest BCUT2D eigenvalue weighted by atomic mass is 10.2. The van der Waals surface area contributed by atoms with Gasteiger partial charge in [0.1, 0.15) is 19.5 Å². The Bertz CT molecular complexity index is 277. The Morgan fingerprint density at radius 2 is 2.47 bits per heavy atom. The number of carbonyl (C=O) groups is 1. The Morgan fingerprint density at radius 3 is 3.13 bits per heavy atom. The predicted molar refractivity (Wildman–Crippen MR) is 51.8 cm³/mol. The number of rotatable bonds is 2. The molecule has 0 saturated carbocycles. The molecule has 2 aliphatic rings. The first-order valence-electron chi connectivity index (χ1n) is 5.19. The molecular formula is C10H15NO4. The van der Waals surface area contributed by atoms with E-state index in [4.69, 9.17) is 14.6 Å². The van der Waals surface area contributed by atoms with Crippen LogP contribution in [0.3, 0.4) is 0 Å². The predicted octanol–water partition coefficient (Wildman–Crippen LogP) is -0.142. The number of aliphatic hydroxyl groups is 1. The number of hydrogen-bond acceptors (Lipinski definition) is 4. The average molecular weight is 213 g/mol. The summed E-state index contributed by atoms with van der Waals surface area (Å²) in [6, 6.07) is -0.0658. The van der Waals surface area contributed by atoms with Gasteiger partial charge in [0.2, 0.25) is 5.76 Å². The van der Waals surface area contributed by atoms with Crippen LogP contribution in [-0.2, 0) is 14.3 Å². The smallest absolute Gasteiger partial charge is 0.292 e. The third kappa shape index (κ3) is 2.07. The first kappa shape index (κ1) is 10.3. The van der Waals surface area contributed by atoms with Crippen LogP contribution in [0.4, 0.5) is 0 Å². The number of aliphatic hydroxyl groups excluding tert-OH is 1. The van der Waals surface area contributed by atoms with Gasteiger partial charge >= 0.3 is 0 Å². The monoisotopic (exact) mass is 213 g/mol. The molecule has 0 aromatic rings. The molecule has 1 saturated heterocycles. The Morgan fingerprint density at radius 1 is 1.60 bits per heavy atom. The van der Waals surface area contributed by atoms with Crippen molar-refractivity contribution >= 4 is 5.91 Å². The minimum Gasteiger partial charge on any atom is -0.494 e. The number of likely N-dealkylation sites (tertiary alicyclic amines) is 1. The quantitative estimate of drug-likeness (QED) is 0.693. The normalized spacial score (nSPS) is 25.5. The van der Waals surface area contributed by atoms with Crippen molar-refractivity contribution in [3.05, 3.63) is 12.0 Å². The molecule has 2 rings (SSSR count). The van der Waals surface area contributed by atoms with Crippen molar-refractivity contribution in [3.8, 4) is 0 Å². The third-order valence-corrected chi connectivity index (χ3v) is 2.71. The maximum absolute atomic E-state index is 11.9. The van der Waals surface area contributed by atoms with Gasteiger partial charge in [-0.05, 0) is 12.8 Å². The maximum Gasteiger partial charge on any atom is 0.292 e. The van der Waals surface area contributed by atoms with Gasteiger partial charge in [-0.1, -0.05) is 0 Å². The van der Waals surface area contributed by atoms with E-state index in [1.54, 1.807) is 4.90 Å². The Labute approximate surface area is 88.3 Å². The highest BCUT2D eigenvalue weighted by molar-refractivity contribution is 5.91. The van der Waals surface area contributed by atoms with Crippen LogP contribution in [0.1, 0.15) is 12.8 Å². The highest BCUT2D eigenvalue weighted by atomic mass is 16.6. The van der Waals surface area contributed by atoms with Crippen LogP contribution in [0.2, 0.25) is 0 Å². The first-order valence-corrected chi connectivity index (χ1v) is 5.19. The first-order chi connectivity index (χ1) is 7.33. The molecule has 15 heavy (non-hydrogen) atoms. The lowest BCUT2D eigenvalue weighted by molar-refractivity contribution is -0.133. The van der Waals surface area contributed by atoms with Crippen molar-refractivity contribution in [1.82, 2.24) is 4.90 Å². The number of amides is 1. The summed E-state index contributed by atoms with van der Waals surface area (Å²) in [6.45, 7) is 1.60. The van der Waals surface area contributed by atoms with Gasteiger partial charge < -0.3 is 19.5 Å². The molecule has 1 amide bonds. The van der Waals surface area contributed by atoms with Crippen molar-refractivity contribution in [2.45, 2.75) is 18.9 Å². The molecule has 0 aliphatic carbocycles. The van der Waals surface area contributed by atoms with Gasteiger partial charge in [0.15, 0.2) is 0 Å². The van der Waals surface area contributed by atoms with E-state index in [1.807, 2.05) is 0 Å². The van der Waals surface area contributed by atoms with Crippen molar-refractivity contribution in [2.75, 3.05) is 26.4 Å². The van der Waals surface area contributed by atoms with Crippen LogP contribution in [-0.4, -0.2) is 48.3 Å². The van der Waals surface area contributed by atoms with Crippen LogP contribution in [0.25, 0.3) is 0 Å². The largest absolute Gasteiger partial charge is 0.494 e. The summed E-state index contributed by atoms with van der Waals surface area (Å²) in [4.78, 5) is 13.6. The average Bonchev–Trinajstić information content (AvgIpc) is 2.77. The van der Waals surface area contributed by atoms with Crippen molar-refractivity contribution < 1.29 is 19.4 Å². The van der Waals surface area contributed by atoms with Gasteiger partial charge in [-0.3, -0.25) is 4.79 Å². The standard InChI is InChI=1S/C10H15NO4/c12-6-8-2-1-3-11(8)10(13)9-7-14-4-5-15-9/h7-8,12H,1-6H2. The highest BCUT2D eigenvalue weighted by Gasteiger charge is 2.31. The summed E-state index contributed by atoms with van der Waals surface area (Å²) in [5.74, 6) is 0.0767. The minimum absolute atomic E-state index is 0.0138. The fourth-order valence-corrected chi connectivity index (χ4v) is 1.91. The number of nitrogens with zero attached hydrogens (tertiary/aromatic N) is 1. The van der Waals surface area contributed by atoms with Gasteiger partial charge in [0, 0.05) is 6.54 Å². The van der Waals surface area contributed by atoms with E-state index >= 15 is 0 Å². The Kier molecular flexibility index (Phi) is 3.11. The van der Waals surface area contributed by atoms with Gasteiger partial charge in [-0.2, -0.15) is 0 Å². The van der Waals surface area contributed by atoms with Crippen LogP contribution in [0.15, 0.2) is 12.0 Å². The van der Waals surface area contributed by atoms with E-state index in [2.05, 4.69) is 0 Å². The number of ether oxygens (including phenoxy) is 2. The lowest BCUT2D eigenvalue weighted by Gasteiger charge is -2.25. The van der Waals surface area contributed by atoms with Crippen molar-refractivity contribution in [2.24, 2.45) is 0 Å². The summed E-state index contributed by atoms with van der Waals surface area (Å²) in [6.07, 6.45) is 3.15. The fraction of sp³-hybridized carbons (Fsp3) is 0.700. The third-order valence-electron chi connectivity index (χ3n) is 2.71. The van der Waals surface area contributed by atoms with Crippen molar-refractivity contribution in [3.63, 3.8) is 0 Å². The molecule has 0 radical (unpaired) electrons. The van der Waals surface area contributed by atoms with E-state index in [1.165, 1.54) is 6.26 Å². The molecule has 2 heterocycles. The molecule has 0 bridgehead atoms. The number of hydrogen-bond donors (Lipinski definition) is 1. The molecule has 0 aromatic carbocycles. The zero-order chi connectivity index (χ0) is 10.7. The van der Waals surface area contributed by atoms with Gasteiger partial charge in [0.05, 0.1) is 12.6 Å². The summed E-state index contributed by atoms with van der Waals surface area (Å²) in [5.41, 5.74) is 0. The molecule has 1 N–H and O–H groups in total. The molecule has 0 spiro atoms. The number of carbonyl (C=O) groups excluding carboxylic acids is 1. The van der Waals surface area contributed by atoms with Crippen LogP contribution in [0.5, 0.6) is 0 Å². The van der Waals surface area contributed by atoms with Gasteiger partial charge in [-0.15, -0.1) is 0 Å². The Hall–Kier alpha value is -1.23. The minimum atomic E-state index is -0.175. The lowest BCUT2D eigenvalue weighted by Crippen LogP contribution is -2.39. The molecule has 1 atom stereocenters. The zero-order valence-electron chi connectivity index (χ0n) is 8.52. The molecular weight excluding hydrogens is 198 g/mol. The van der Waals surface area contributed by atoms with Crippen LogP contribution < -0.4 is 0 Å². The second kappa shape index (κ2) is 4.53. The van der Waals surface area contributed by atoms with Gasteiger partial charge in [0.25, 0.3) is 5.91 Å². The summed E-state index contributed by atoms with van der Waals surface area (Å²) < 4.78 is 10.2. The van der Waals surface area contributed by atoms with Crippen LogP contribution in [0, 0.1) is 0 Å².